The predicted octanol–water partition coefficient (Wildman–Crippen LogP) is 1.18. The molecule has 2 N–H and O–H groups in total. The molecule has 1 amide bonds. The van der Waals surface area contributed by atoms with E-state index in [2.05, 4.69) is 10.6 Å². The van der Waals surface area contributed by atoms with Crippen molar-refractivity contribution in [3.8, 4) is 0 Å². The summed E-state index contributed by atoms with van der Waals surface area (Å²) in [7, 11) is 0. The highest BCUT2D eigenvalue weighted by atomic mass is 35.5. The Bertz CT molecular complexity index is 224. The van der Waals surface area contributed by atoms with Gasteiger partial charge in [0.2, 0.25) is 5.91 Å². The summed E-state index contributed by atoms with van der Waals surface area (Å²) in [5, 5.41) is 5.14. The quantitative estimate of drug-likeness (QED) is 0.780. The van der Waals surface area contributed by atoms with Gasteiger partial charge in [-0.1, -0.05) is 13.8 Å². The van der Waals surface area contributed by atoms with Crippen molar-refractivity contribution in [2.45, 2.75) is 32.2 Å². The van der Waals surface area contributed by atoms with Crippen molar-refractivity contribution in [3.05, 3.63) is 0 Å². The minimum atomic E-state index is -2.74. The largest absolute Gasteiger partial charge is 0.354 e. The zero-order valence-electron chi connectivity index (χ0n) is 8.85. The lowest BCUT2D eigenvalue weighted by Crippen LogP contribution is -2.41. The molecule has 0 aromatic heterocycles. The highest BCUT2D eigenvalue weighted by Gasteiger charge is 2.42. The molecule has 0 bridgehead atoms. The monoisotopic (exact) mass is 242 g/mol. The van der Waals surface area contributed by atoms with Crippen LogP contribution in [0.2, 0.25) is 0 Å². The van der Waals surface area contributed by atoms with Gasteiger partial charge in [-0.25, -0.2) is 8.78 Å². The number of hydrogen-bond donors (Lipinski definition) is 2. The summed E-state index contributed by atoms with van der Waals surface area (Å²) < 4.78 is 25.4. The lowest BCUT2D eigenvalue weighted by atomic mass is 10.1. The van der Waals surface area contributed by atoms with E-state index < -0.39 is 24.9 Å². The Balaban J connectivity index is 0.00000196. The molecule has 1 saturated heterocycles. The van der Waals surface area contributed by atoms with Gasteiger partial charge >= 0.3 is 0 Å². The van der Waals surface area contributed by atoms with E-state index >= 15 is 0 Å². The first kappa shape index (κ1) is 14.6. The Morgan fingerprint density at radius 3 is 2.60 bits per heavy atom. The van der Waals surface area contributed by atoms with Crippen molar-refractivity contribution < 1.29 is 13.6 Å². The van der Waals surface area contributed by atoms with Gasteiger partial charge in [0.05, 0.1) is 12.6 Å². The van der Waals surface area contributed by atoms with Gasteiger partial charge in [-0.3, -0.25) is 10.1 Å². The second-order valence-electron chi connectivity index (χ2n) is 4.13. The van der Waals surface area contributed by atoms with Crippen molar-refractivity contribution in [3.63, 3.8) is 0 Å². The molecule has 1 rings (SSSR count). The molecule has 0 aliphatic carbocycles. The van der Waals surface area contributed by atoms with Gasteiger partial charge in [-0.15, -0.1) is 12.4 Å². The van der Waals surface area contributed by atoms with Crippen molar-refractivity contribution >= 4 is 18.3 Å². The van der Waals surface area contributed by atoms with Crippen LogP contribution >= 0.6 is 12.4 Å². The third-order valence-electron chi connectivity index (χ3n) is 2.11. The molecule has 15 heavy (non-hydrogen) atoms. The van der Waals surface area contributed by atoms with Crippen LogP contribution in [0.1, 0.15) is 20.3 Å². The van der Waals surface area contributed by atoms with Crippen molar-refractivity contribution in [1.82, 2.24) is 10.6 Å². The molecule has 90 valence electrons. The van der Waals surface area contributed by atoms with E-state index in [9.17, 15) is 13.6 Å². The fourth-order valence-corrected chi connectivity index (χ4v) is 1.33. The summed E-state index contributed by atoms with van der Waals surface area (Å²) in [5.41, 5.74) is 0. The fourth-order valence-electron chi connectivity index (χ4n) is 1.33. The molecule has 1 aliphatic rings. The molecule has 6 heteroatoms. The van der Waals surface area contributed by atoms with Gasteiger partial charge in [0.15, 0.2) is 0 Å². The molecule has 1 unspecified atom stereocenters. The van der Waals surface area contributed by atoms with Crippen LogP contribution in [0.5, 0.6) is 0 Å². The number of alkyl halides is 2. The number of hydrogen-bond acceptors (Lipinski definition) is 2. The van der Waals surface area contributed by atoms with E-state index in [0.29, 0.717) is 12.5 Å². The molecule has 1 heterocycles. The number of carbonyl (C=O) groups is 1. The first-order valence-corrected chi connectivity index (χ1v) is 4.79. The lowest BCUT2D eigenvalue weighted by molar-refractivity contribution is -0.123. The van der Waals surface area contributed by atoms with Crippen molar-refractivity contribution in [2.24, 2.45) is 5.92 Å². The fraction of sp³-hybridized carbons (Fsp3) is 0.889. The smallest absolute Gasteiger partial charge is 0.262 e. The lowest BCUT2D eigenvalue weighted by Gasteiger charge is -2.12. The van der Waals surface area contributed by atoms with Crippen LogP contribution in [-0.4, -0.2) is 31.0 Å². The molecular formula is C9H17ClF2N2O. The van der Waals surface area contributed by atoms with E-state index in [-0.39, 0.29) is 18.3 Å². The Morgan fingerprint density at radius 2 is 2.20 bits per heavy atom. The number of amides is 1. The third kappa shape index (κ3) is 4.75. The zero-order chi connectivity index (χ0) is 10.8. The van der Waals surface area contributed by atoms with Crippen molar-refractivity contribution in [2.75, 3.05) is 13.1 Å². The summed E-state index contributed by atoms with van der Waals surface area (Å²) >= 11 is 0. The predicted molar refractivity (Wildman–Crippen MR) is 56.5 cm³/mol. The first-order chi connectivity index (χ1) is 6.41. The van der Waals surface area contributed by atoms with Crippen LogP contribution in [0.15, 0.2) is 0 Å². The van der Waals surface area contributed by atoms with E-state index in [1.54, 1.807) is 0 Å². The molecule has 0 saturated carbocycles. The van der Waals surface area contributed by atoms with E-state index in [0.717, 1.165) is 0 Å². The number of nitrogens with one attached hydrogen (secondary N) is 2. The highest BCUT2D eigenvalue weighted by molar-refractivity contribution is 5.85. The van der Waals surface area contributed by atoms with Gasteiger partial charge in [-0.05, 0) is 5.92 Å². The third-order valence-corrected chi connectivity index (χ3v) is 2.11. The summed E-state index contributed by atoms with van der Waals surface area (Å²) in [6.07, 6.45) is -0.392. The molecule has 0 aromatic rings. The van der Waals surface area contributed by atoms with Gasteiger partial charge in [0.1, 0.15) is 0 Å². The van der Waals surface area contributed by atoms with Gasteiger partial charge in [0, 0.05) is 13.0 Å². The molecular weight excluding hydrogens is 226 g/mol. The Hall–Kier alpha value is -0.420. The molecule has 1 atom stereocenters. The maximum atomic E-state index is 12.7. The molecule has 0 spiro atoms. The maximum absolute atomic E-state index is 12.7. The van der Waals surface area contributed by atoms with Gasteiger partial charge in [0.25, 0.3) is 5.92 Å². The molecule has 3 nitrogen and oxygen atoms in total. The Kier molecular flexibility index (Phi) is 5.45. The van der Waals surface area contributed by atoms with E-state index in [4.69, 9.17) is 0 Å². The number of rotatable bonds is 3. The average Bonchev–Trinajstić information content (AvgIpc) is 2.41. The van der Waals surface area contributed by atoms with Crippen LogP contribution in [0, 0.1) is 5.92 Å². The Labute approximate surface area is 94.4 Å². The summed E-state index contributed by atoms with van der Waals surface area (Å²) in [6.45, 7) is 4.04. The summed E-state index contributed by atoms with van der Waals surface area (Å²) in [5.74, 6) is -2.73. The second kappa shape index (κ2) is 5.61. The van der Waals surface area contributed by atoms with Gasteiger partial charge in [-0.2, -0.15) is 0 Å². The molecule has 1 aliphatic heterocycles. The number of halogens is 3. The van der Waals surface area contributed by atoms with Gasteiger partial charge < -0.3 is 5.32 Å². The summed E-state index contributed by atoms with van der Waals surface area (Å²) in [4.78, 5) is 11.3. The minimum Gasteiger partial charge on any atom is -0.354 e. The molecule has 0 radical (unpaired) electrons. The Morgan fingerprint density at radius 1 is 1.60 bits per heavy atom. The molecule has 1 fully saturated rings. The highest BCUT2D eigenvalue weighted by Crippen LogP contribution is 2.24. The average molecular weight is 243 g/mol. The van der Waals surface area contributed by atoms with Crippen molar-refractivity contribution in [1.29, 1.82) is 0 Å². The topological polar surface area (TPSA) is 41.1 Å². The van der Waals surface area contributed by atoms with E-state index in [1.165, 1.54) is 0 Å². The SMILES string of the molecule is CC(C)CNC(=O)C1CC(F)(F)CN1.Cl. The van der Waals surface area contributed by atoms with Crippen LogP contribution in [0.25, 0.3) is 0 Å². The molecule has 0 aromatic carbocycles. The van der Waals surface area contributed by atoms with Crippen LogP contribution in [-0.2, 0) is 4.79 Å². The van der Waals surface area contributed by atoms with E-state index in [1.807, 2.05) is 13.8 Å². The zero-order valence-corrected chi connectivity index (χ0v) is 9.66. The van der Waals surface area contributed by atoms with Crippen LogP contribution in [0.4, 0.5) is 8.78 Å². The van der Waals surface area contributed by atoms with Crippen LogP contribution < -0.4 is 10.6 Å². The first-order valence-electron chi connectivity index (χ1n) is 4.79. The summed E-state index contributed by atoms with van der Waals surface area (Å²) in [6, 6.07) is -0.733. The second-order valence-corrected chi connectivity index (χ2v) is 4.13. The van der Waals surface area contributed by atoms with Crippen LogP contribution in [0.3, 0.4) is 0 Å². The normalized spacial score (nSPS) is 23.7. The minimum absolute atomic E-state index is 0. The standard InChI is InChI=1S/C9H16F2N2O.ClH/c1-6(2)4-12-8(14)7-3-9(10,11)5-13-7;/h6-7,13H,3-5H2,1-2H3,(H,12,14);1H. The maximum Gasteiger partial charge on any atom is 0.262 e. The number of carbonyl (C=O) groups excluding carboxylic acids is 1.